The van der Waals surface area contributed by atoms with Crippen LogP contribution in [-0.4, -0.2) is 41.3 Å². The molecule has 1 fully saturated rings. The molecule has 1 aromatic rings. The van der Waals surface area contributed by atoms with Gasteiger partial charge in [-0.1, -0.05) is 33.6 Å². The fourth-order valence-corrected chi connectivity index (χ4v) is 3.04. The Balaban J connectivity index is 1.85. The summed E-state index contributed by atoms with van der Waals surface area (Å²) < 4.78 is 6.36. The average molecular weight is 349 g/mol. The lowest BCUT2D eigenvalue weighted by atomic mass is 9.95. The van der Waals surface area contributed by atoms with Crippen molar-refractivity contribution < 1.29 is 14.6 Å². The topological polar surface area (TPSA) is 49.8 Å². The minimum Gasteiger partial charge on any atom is -0.480 e. The molecule has 0 radical (unpaired) electrons. The van der Waals surface area contributed by atoms with Gasteiger partial charge in [0, 0.05) is 29.1 Å². The molecule has 104 valence electrons. The lowest BCUT2D eigenvalue weighted by Gasteiger charge is -2.47. The molecule has 0 bridgehead atoms. The quantitative estimate of drug-likeness (QED) is 0.889. The van der Waals surface area contributed by atoms with Gasteiger partial charge in [-0.05, 0) is 24.6 Å². The number of hydrogen-bond acceptors (Lipinski definition) is 3. The highest BCUT2D eigenvalue weighted by Gasteiger charge is 2.40. The molecule has 1 heterocycles. The van der Waals surface area contributed by atoms with Crippen molar-refractivity contribution in [2.45, 2.75) is 19.1 Å². The second-order valence-electron chi connectivity index (χ2n) is 5.01. The van der Waals surface area contributed by atoms with Gasteiger partial charge in [-0.15, -0.1) is 0 Å². The van der Waals surface area contributed by atoms with Crippen molar-refractivity contribution >= 4 is 33.5 Å². The maximum atomic E-state index is 10.5. The number of nitrogens with zero attached hydrogens (tertiary/aromatic N) is 1. The van der Waals surface area contributed by atoms with Gasteiger partial charge in [0.1, 0.15) is 6.61 Å². The van der Waals surface area contributed by atoms with E-state index in [2.05, 4.69) is 20.8 Å². The van der Waals surface area contributed by atoms with Crippen molar-refractivity contribution in [1.29, 1.82) is 0 Å². The van der Waals surface area contributed by atoms with E-state index in [9.17, 15) is 4.79 Å². The molecule has 1 aliphatic heterocycles. The minimum atomic E-state index is -0.930. The van der Waals surface area contributed by atoms with E-state index in [-0.39, 0.29) is 12.2 Å². The molecular weight excluding hydrogens is 334 g/mol. The summed E-state index contributed by atoms with van der Waals surface area (Å²) in [6, 6.07) is 5.72. The fourth-order valence-electron chi connectivity index (χ4n) is 2.23. The van der Waals surface area contributed by atoms with Gasteiger partial charge in [0.15, 0.2) is 0 Å². The maximum absolute atomic E-state index is 10.5. The van der Waals surface area contributed by atoms with Crippen LogP contribution < -0.4 is 0 Å². The minimum absolute atomic E-state index is 0.241. The number of rotatable bonds is 5. The first-order valence-electron chi connectivity index (χ1n) is 5.90. The van der Waals surface area contributed by atoms with Crippen LogP contribution in [0.25, 0.3) is 0 Å². The third-order valence-corrected chi connectivity index (χ3v) is 4.04. The van der Waals surface area contributed by atoms with E-state index in [1.165, 1.54) is 0 Å². The summed E-state index contributed by atoms with van der Waals surface area (Å²) in [5.41, 5.74) is 0.807. The summed E-state index contributed by atoms with van der Waals surface area (Å²) >= 11 is 9.39. The Kier molecular flexibility index (Phi) is 4.50. The molecule has 0 amide bonds. The van der Waals surface area contributed by atoms with Crippen molar-refractivity contribution in [3.05, 3.63) is 33.3 Å². The Morgan fingerprint density at radius 3 is 2.84 bits per heavy atom. The molecule has 1 saturated heterocycles. The number of ether oxygens (including phenoxy) is 1. The standard InChI is InChI=1S/C13H15BrClNO3/c1-13(19-6-12(17)18)7-16(8-13)5-9-2-3-10(15)4-11(9)14/h2-4H,5-8H2,1H3,(H,17,18). The first kappa shape index (κ1) is 14.8. The zero-order valence-electron chi connectivity index (χ0n) is 10.5. The third-order valence-electron chi connectivity index (χ3n) is 3.07. The Hall–Kier alpha value is -0.620. The largest absolute Gasteiger partial charge is 0.480 e. The number of benzene rings is 1. The first-order valence-corrected chi connectivity index (χ1v) is 7.07. The predicted octanol–water partition coefficient (Wildman–Crippen LogP) is 2.78. The van der Waals surface area contributed by atoms with E-state index in [0.717, 1.165) is 29.7 Å². The number of carboxylic acid groups (broad SMARTS) is 1. The van der Waals surface area contributed by atoms with Crippen molar-refractivity contribution in [1.82, 2.24) is 4.90 Å². The normalized spacial score (nSPS) is 18.1. The fraction of sp³-hybridized carbons (Fsp3) is 0.462. The Morgan fingerprint density at radius 1 is 1.58 bits per heavy atom. The molecule has 0 atom stereocenters. The van der Waals surface area contributed by atoms with Crippen LogP contribution in [0.1, 0.15) is 12.5 Å². The number of aliphatic carboxylic acids is 1. The molecule has 0 saturated carbocycles. The molecule has 0 aromatic heterocycles. The molecule has 0 unspecified atom stereocenters. The summed E-state index contributed by atoms with van der Waals surface area (Å²) in [7, 11) is 0. The summed E-state index contributed by atoms with van der Waals surface area (Å²) in [5, 5.41) is 9.31. The highest BCUT2D eigenvalue weighted by molar-refractivity contribution is 9.10. The van der Waals surface area contributed by atoms with E-state index in [1.54, 1.807) is 0 Å². The third kappa shape index (κ3) is 3.92. The number of hydrogen-bond donors (Lipinski definition) is 1. The second kappa shape index (κ2) is 5.79. The SMILES string of the molecule is CC1(OCC(=O)O)CN(Cc2ccc(Cl)cc2Br)C1. The highest BCUT2D eigenvalue weighted by atomic mass is 79.9. The van der Waals surface area contributed by atoms with Crippen LogP contribution in [-0.2, 0) is 16.1 Å². The number of carbonyl (C=O) groups is 1. The molecule has 1 aromatic carbocycles. The Labute approximate surface area is 125 Å². The van der Waals surface area contributed by atoms with Crippen molar-refractivity contribution in [2.24, 2.45) is 0 Å². The van der Waals surface area contributed by atoms with Crippen LogP contribution in [0.15, 0.2) is 22.7 Å². The lowest BCUT2D eigenvalue weighted by Crippen LogP contribution is -2.61. The van der Waals surface area contributed by atoms with Gasteiger partial charge in [0.2, 0.25) is 0 Å². The zero-order chi connectivity index (χ0) is 14.0. The van der Waals surface area contributed by atoms with Crippen molar-refractivity contribution in [2.75, 3.05) is 19.7 Å². The van der Waals surface area contributed by atoms with Crippen molar-refractivity contribution in [3.63, 3.8) is 0 Å². The first-order chi connectivity index (χ1) is 8.88. The Morgan fingerprint density at radius 2 is 2.26 bits per heavy atom. The predicted molar refractivity (Wildman–Crippen MR) is 76.4 cm³/mol. The van der Waals surface area contributed by atoms with Crippen LogP contribution in [0.2, 0.25) is 5.02 Å². The number of halogens is 2. The van der Waals surface area contributed by atoms with Crippen LogP contribution in [0.4, 0.5) is 0 Å². The van der Waals surface area contributed by atoms with E-state index >= 15 is 0 Å². The molecule has 4 nitrogen and oxygen atoms in total. The van der Waals surface area contributed by atoms with Crippen LogP contribution >= 0.6 is 27.5 Å². The van der Waals surface area contributed by atoms with Crippen LogP contribution in [0.5, 0.6) is 0 Å². The van der Waals surface area contributed by atoms with Gasteiger partial charge >= 0.3 is 5.97 Å². The lowest BCUT2D eigenvalue weighted by molar-refractivity contribution is -0.165. The molecule has 0 spiro atoms. The van der Waals surface area contributed by atoms with Crippen LogP contribution in [0.3, 0.4) is 0 Å². The van der Waals surface area contributed by atoms with E-state index in [0.29, 0.717) is 5.02 Å². The average Bonchev–Trinajstić information content (AvgIpc) is 2.28. The van der Waals surface area contributed by atoms with Gasteiger partial charge < -0.3 is 9.84 Å². The smallest absolute Gasteiger partial charge is 0.329 e. The molecular formula is C13H15BrClNO3. The van der Waals surface area contributed by atoms with Crippen molar-refractivity contribution in [3.8, 4) is 0 Å². The number of likely N-dealkylation sites (tertiary alicyclic amines) is 1. The van der Waals surface area contributed by atoms with E-state index in [4.69, 9.17) is 21.4 Å². The summed E-state index contributed by atoms with van der Waals surface area (Å²) in [6.07, 6.45) is 0. The molecule has 2 rings (SSSR count). The molecule has 1 aliphatic rings. The summed E-state index contributed by atoms with van der Waals surface area (Å²) in [5.74, 6) is -0.930. The van der Waals surface area contributed by atoms with Gasteiger partial charge in [-0.25, -0.2) is 4.79 Å². The molecule has 6 heteroatoms. The summed E-state index contributed by atoms with van der Waals surface area (Å²) in [4.78, 5) is 12.7. The molecule has 19 heavy (non-hydrogen) atoms. The van der Waals surface area contributed by atoms with Gasteiger partial charge in [0.05, 0.1) is 5.60 Å². The van der Waals surface area contributed by atoms with Crippen LogP contribution in [0, 0.1) is 0 Å². The van der Waals surface area contributed by atoms with Gasteiger partial charge in [-0.2, -0.15) is 0 Å². The highest BCUT2D eigenvalue weighted by Crippen LogP contribution is 2.29. The number of carboxylic acids is 1. The maximum Gasteiger partial charge on any atom is 0.329 e. The monoisotopic (exact) mass is 347 g/mol. The van der Waals surface area contributed by atoms with E-state index < -0.39 is 5.97 Å². The van der Waals surface area contributed by atoms with E-state index in [1.807, 2.05) is 25.1 Å². The second-order valence-corrected chi connectivity index (χ2v) is 6.30. The molecule has 0 aliphatic carbocycles. The zero-order valence-corrected chi connectivity index (χ0v) is 12.9. The Bertz CT molecular complexity index is 489. The molecule has 1 N–H and O–H groups in total. The van der Waals surface area contributed by atoms with Gasteiger partial charge in [-0.3, -0.25) is 4.90 Å². The van der Waals surface area contributed by atoms with Gasteiger partial charge in [0.25, 0.3) is 0 Å². The summed E-state index contributed by atoms with van der Waals surface area (Å²) in [6.45, 7) is 3.95.